The first-order chi connectivity index (χ1) is 15.3. The summed E-state index contributed by atoms with van der Waals surface area (Å²) in [6.07, 6.45) is 1.31. The van der Waals surface area contributed by atoms with Gasteiger partial charge in [-0.25, -0.2) is 4.79 Å². The zero-order valence-electron chi connectivity index (χ0n) is 17.5. The van der Waals surface area contributed by atoms with Crippen LogP contribution in [0.2, 0.25) is 5.02 Å². The largest absolute Gasteiger partial charge is 0.450 e. The average molecular weight is 465 g/mol. The monoisotopic (exact) mass is 464 g/mol. The Balaban J connectivity index is 1.79. The third-order valence-corrected chi connectivity index (χ3v) is 5.41. The molecule has 4 N–H and O–H groups in total. The summed E-state index contributed by atoms with van der Waals surface area (Å²) < 4.78 is 4.84. The van der Waals surface area contributed by atoms with Crippen molar-refractivity contribution in [2.75, 3.05) is 18.5 Å². The number of amides is 4. The van der Waals surface area contributed by atoms with Crippen LogP contribution in [0.1, 0.15) is 43.0 Å². The normalized spacial score (nSPS) is 18.3. The second kappa shape index (κ2) is 10.4. The van der Waals surface area contributed by atoms with Gasteiger partial charge in [-0.15, -0.1) is 0 Å². The van der Waals surface area contributed by atoms with E-state index < -0.39 is 35.7 Å². The SMILES string of the molecule is CCOC(=O)Nc1ccc(Cl)cc1C(=O)N[C@@H](C[C@@H]1CCNC1=O)C(=O)C(=O)NC1CC1. The highest BCUT2D eigenvalue weighted by Crippen LogP contribution is 2.23. The van der Waals surface area contributed by atoms with Gasteiger partial charge in [-0.3, -0.25) is 24.5 Å². The Morgan fingerprint density at radius 1 is 1.22 bits per heavy atom. The van der Waals surface area contributed by atoms with Crippen LogP contribution in [0.4, 0.5) is 10.5 Å². The molecule has 1 heterocycles. The van der Waals surface area contributed by atoms with Crippen molar-refractivity contribution >= 4 is 46.9 Å². The summed E-state index contributed by atoms with van der Waals surface area (Å²) in [5, 5.41) is 10.5. The molecule has 2 aliphatic rings. The highest BCUT2D eigenvalue weighted by Gasteiger charge is 2.36. The van der Waals surface area contributed by atoms with Crippen LogP contribution in [0.5, 0.6) is 0 Å². The first kappa shape index (κ1) is 23.5. The van der Waals surface area contributed by atoms with Crippen LogP contribution in [0, 0.1) is 5.92 Å². The maximum Gasteiger partial charge on any atom is 0.411 e. The summed E-state index contributed by atoms with van der Waals surface area (Å²) >= 11 is 6.02. The van der Waals surface area contributed by atoms with E-state index in [1.54, 1.807) is 6.92 Å². The summed E-state index contributed by atoms with van der Waals surface area (Å²) in [5.74, 6) is -3.09. The minimum Gasteiger partial charge on any atom is -0.450 e. The number of hydrogen-bond donors (Lipinski definition) is 4. The number of Topliss-reactive ketones (excluding diaryl/α,β-unsaturated/α-hetero) is 1. The first-order valence-corrected chi connectivity index (χ1v) is 10.8. The number of carbonyl (C=O) groups is 5. The lowest BCUT2D eigenvalue weighted by Crippen LogP contribution is -2.49. The van der Waals surface area contributed by atoms with Crippen LogP contribution in [-0.4, -0.2) is 54.8 Å². The predicted octanol–water partition coefficient (Wildman–Crippen LogP) is 1.38. The number of rotatable bonds is 9. The Bertz CT molecular complexity index is 933. The van der Waals surface area contributed by atoms with Gasteiger partial charge in [0, 0.05) is 23.5 Å². The topological polar surface area (TPSA) is 143 Å². The standard InChI is InChI=1S/C21H25ClN4O6/c1-2-32-21(31)26-15-6-3-12(22)10-14(15)19(29)25-16(9-11-7-8-23-18(11)28)17(27)20(30)24-13-4-5-13/h3,6,10-11,13,16H,2,4-5,7-9H2,1H3,(H,23,28)(H,24,30)(H,25,29)(H,26,31)/t11-,16-/m0/s1. The molecule has 0 radical (unpaired) electrons. The number of anilines is 1. The van der Waals surface area contributed by atoms with Gasteiger partial charge in [-0.2, -0.15) is 0 Å². The van der Waals surface area contributed by atoms with E-state index in [0.717, 1.165) is 12.8 Å². The first-order valence-electron chi connectivity index (χ1n) is 10.4. The molecule has 0 aromatic heterocycles. The summed E-state index contributed by atoms with van der Waals surface area (Å²) in [7, 11) is 0. The quantitative estimate of drug-likeness (QED) is 0.406. The van der Waals surface area contributed by atoms with E-state index in [-0.39, 0.29) is 41.3 Å². The molecule has 0 spiro atoms. The fourth-order valence-electron chi connectivity index (χ4n) is 3.35. The van der Waals surface area contributed by atoms with Crippen LogP contribution >= 0.6 is 11.6 Å². The van der Waals surface area contributed by atoms with Crippen LogP contribution < -0.4 is 21.3 Å². The summed E-state index contributed by atoms with van der Waals surface area (Å²) in [4.78, 5) is 62.0. The Kier molecular flexibility index (Phi) is 7.68. The second-order valence-corrected chi connectivity index (χ2v) is 8.12. The van der Waals surface area contributed by atoms with Crippen molar-refractivity contribution in [2.45, 2.75) is 44.7 Å². The molecule has 1 aromatic carbocycles. The molecule has 1 aliphatic carbocycles. The molecule has 0 unspecified atom stereocenters. The van der Waals surface area contributed by atoms with Crippen molar-refractivity contribution in [3.05, 3.63) is 28.8 Å². The molecule has 0 bridgehead atoms. The highest BCUT2D eigenvalue weighted by atomic mass is 35.5. The van der Waals surface area contributed by atoms with Gasteiger partial charge in [0.05, 0.1) is 23.9 Å². The van der Waals surface area contributed by atoms with Gasteiger partial charge in [-0.1, -0.05) is 11.6 Å². The van der Waals surface area contributed by atoms with E-state index in [1.807, 2.05) is 0 Å². The molecule has 2 fully saturated rings. The fourth-order valence-corrected chi connectivity index (χ4v) is 3.53. The molecule has 10 nitrogen and oxygen atoms in total. The van der Waals surface area contributed by atoms with Crippen molar-refractivity contribution < 1.29 is 28.7 Å². The van der Waals surface area contributed by atoms with Crippen molar-refractivity contribution in [3.63, 3.8) is 0 Å². The zero-order chi connectivity index (χ0) is 23.3. The molecule has 32 heavy (non-hydrogen) atoms. The van der Waals surface area contributed by atoms with Gasteiger partial charge in [0.15, 0.2) is 0 Å². The van der Waals surface area contributed by atoms with E-state index in [0.29, 0.717) is 13.0 Å². The molecule has 3 rings (SSSR count). The molecule has 172 valence electrons. The van der Waals surface area contributed by atoms with E-state index in [1.165, 1.54) is 18.2 Å². The average Bonchev–Trinajstić information content (AvgIpc) is 3.48. The van der Waals surface area contributed by atoms with Gasteiger partial charge in [0.2, 0.25) is 11.7 Å². The van der Waals surface area contributed by atoms with Crippen LogP contribution in [-0.2, 0) is 19.1 Å². The smallest absolute Gasteiger partial charge is 0.411 e. The van der Waals surface area contributed by atoms with Crippen LogP contribution in [0.25, 0.3) is 0 Å². The lowest BCUT2D eigenvalue weighted by molar-refractivity contribution is -0.139. The van der Waals surface area contributed by atoms with Crippen LogP contribution in [0.15, 0.2) is 18.2 Å². The summed E-state index contributed by atoms with van der Waals surface area (Å²) in [6, 6.07) is 2.98. The van der Waals surface area contributed by atoms with Gasteiger partial charge in [0.1, 0.15) is 0 Å². The molecule has 1 aromatic rings. The Morgan fingerprint density at radius 3 is 2.59 bits per heavy atom. The van der Waals surface area contributed by atoms with Gasteiger partial charge < -0.3 is 20.7 Å². The van der Waals surface area contributed by atoms with Crippen molar-refractivity contribution in [2.24, 2.45) is 5.92 Å². The number of nitrogens with one attached hydrogen (secondary N) is 4. The molecular weight excluding hydrogens is 440 g/mol. The molecular formula is C21H25ClN4O6. The Morgan fingerprint density at radius 2 is 1.97 bits per heavy atom. The van der Waals surface area contributed by atoms with Crippen molar-refractivity contribution in [1.82, 2.24) is 16.0 Å². The van der Waals surface area contributed by atoms with Gasteiger partial charge in [0.25, 0.3) is 11.8 Å². The maximum absolute atomic E-state index is 13.0. The van der Waals surface area contributed by atoms with E-state index in [9.17, 15) is 24.0 Å². The molecule has 2 atom stereocenters. The lowest BCUT2D eigenvalue weighted by atomic mass is 9.95. The maximum atomic E-state index is 13.0. The molecule has 11 heteroatoms. The van der Waals surface area contributed by atoms with Crippen molar-refractivity contribution in [3.8, 4) is 0 Å². The third-order valence-electron chi connectivity index (χ3n) is 5.18. The minimum atomic E-state index is -1.22. The van der Waals surface area contributed by atoms with Crippen LogP contribution in [0.3, 0.4) is 0 Å². The summed E-state index contributed by atoms with van der Waals surface area (Å²) in [6.45, 7) is 2.24. The van der Waals surface area contributed by atoms with E-state index >= 15 is 0 Å². The number of ketones is 1. The predicted molar refractivity (Wildman–Crippen MR) is 115 cm³/mol. The molecule has 1 aliphatic heterocycles. The van der Waals surface area contributed by atoms with Gasteiger partial charge >= 0.3 is 6.09 Å². The highest BCUT2D eigenvalue weighted by molar-refractivity contribution is 6.38. The number of ether oxygens (including phenoxy) is 1. The van der Waals surface area contributed by atoms with Gasteiger partial charge in [-0.05, 0) is 50.8 Å². The van der Waals surface area contributed by atoms with E-state index in [4.69, 9.17) is 16.3 Å². The van der Waals surface area contributed by atoms with E-state index in [2.05, 4.69) is 21.3 Å². The molecule has 4 amide bonds. The minimum absolute atomic E-state index is 0.0122. The Labute approximate surface area is 189 Å². The molecule has 1 saturated heterocycles. The number of halogens is 1. The second-order valence-electron chi connectivity index (χ2n) is 7.69. The Hall–Kier alpha value is -3.14. The number of hydrogen-bond acceptors (Lipinski definition) is 6. The molecule has 1 saturated carbocycles. The fraction of sp³-hybridized carbons (Fsp3) is 0.476. The number of benzene rings is 1. The lowest BCUT2D eigenvalue weighted by Gasteiger charge is -2.20. The third kappa shape index (κ3) is 6.19. The zero-order valence-corrected chi connectivity index (χ0v) is 18.3. The number of carbonyl (C=O) groups excluding carboxylic acids is 5. The van der Waals surface area contributed by atoms with Crippen molar-refractivity contribution in [1.29, 1.82) is 0 Å². The summed E-state index contributed by atoms with van der Waals surface area (Å²) in [5.41, 5.74) is 0.111.